The zero-order valence-corrected chi connectivity index (χ0v) is 8.81. The summed E-state index contributed by atoms with van der Waals surface area (Å²) >= 11 is 0. The largest absolute Gasteiger partial charge is 0.323 e. The highest BCUT2D eigenvalue weighted by molar-refractivity contribution is 7.64. The molecule has 0 aromatic rings. The zero-order chi connectivity index (χ0) is 8.77. The summed E-state index contributed by atoms with van der Waals surface area (Å²) in [5.41, 5.74) is 1.99. The van der Waals surface area contributed by atoms with Crippen molar-refractivity contribution in [1.29, 1.82) is 0 Å². The number of fused-ring (bicyclic) bond motifs is 1. The van der Waals surface area contributed by atoms with Gasteiger partial charge >= 0.3 is 0 Å². The fraction of sp³-hybridized carbons (Fsp3) is 0.800. The number of rotatable bonds is 0. The topological polar surface area (TPSA) is 17.1 Å². The quantitative estimate of drug-likeness (QED) is 0.417. The lowest BCUT2D eigenvalue weighted by atomic mass is 9.87. The first-order valence-corrected chi connectivity index (χ1v) is 7.25. The molecule has 0 amide bonds. The highest BCUT2D eigenvalue weighted by atomic mass is 31.2. The van der Waals surface area contributed by atoms with Crippen LogP contribution in [0.5, 0.6) is 0 Å². The Bertz CT molecular complexity index is 267. The first-order chi connectivity index (χ1) is 5.59. The van der Waals surface area contributed by atoms with Crippen molar-refractivity contribution in [3.05, 3.63) is 11.6 Å². The molecular formula is C10H17OP. The van der Waals surface area contributed by atoms with Gasteiger partial charge in [-0.3, -0.25) is 0 Å². The Labute approximate surface area is 74.6 Å². The van der Waals surface area contributed by atoms with Gasteiger partial charge in [-0.15, -0.1) is 0 Å². The Balaban J connectivity index is 2.22. The van der Waals surface area contributed by atoms with E-state index in [-0.39, 0.29) is 0 Å². The van der Waals surface area contributed by atoms with Crippen molar-refractivity contribution in [2.75, 3.05) is 12.8 Å². The normalized spacial score (nSPS) is 47.0. The summed E-state index contributed by atoms with van der Waals surface area (Å²) in [6.07, 6.45) is 6.82. The third-order valence-corrected chi connectivity index (χ3v) is 6.12. The van der Waals surface area contributed by atoms with Gasteiger partial charge in [-0.25, -0.2) is 0 Å². The molecule has 0 radical (unpaired) electrons. The molecule has 3 atom stereocenters. The molecular weight excluding hydrogens is 167 g/mol. The summed E-state index contributed by atoms with van der Waals surface area (Å²) in [6, 6.07) is 0. The van der Waals surface area contributed by atoms with Gasteiger partial charge in [0.25, 0.3) is 0 Å². The van der Waals surface area contributed by atoms with Crippen LogP contribution < -0.4 is 0 Å². The maximum Gasteiger partial charge on any atom is 0.0951 e. The summed E-state index contributed by atoms with van der Waals surface area (Å²) in [5.74, 6) is 0.790. The van der Waals surface area contributed by atoms with E-state index in [2.05, 4.69) is 13.0 Å². The highest BCUT2D eigenvalue weighted by Gasteiger charge is 2.38. The van der Waals surface area contributed by atoms with Gasteiger partial charge in [-0.05, 0) is 31.8 Å². The van der Waals surface area contributed by atoms with Crippen LogP contribution >= 0.6 is 7.14 Å². The Morgan fingerprint density at radius 2 is 2.33 bits per heavy atom. The second-order valence-electron chi connectivity index (χ2n) is 4.53. The van der Waals surface area contributed by atoms with Gasteiger partial charge in [0.05, 0.1) is 7.14 Å². The van der Waals surface area contributed by atoms with Gasteiger partial charge < -0.3 is 4.57 Å². The van der Waals surface area contributed by atoms with E-state index in [0.29, 0.717) is 5.66 Å². The summed E-state index contributed by atoms with van der Waals surface area (Å²) in [4.78, 5) is 0. The van der Waals surface area contributed by atoms with Crippen LogP contribution in [0, 0.1) is 5.92 Å². The second kappa shape index (κ2) is 2.73. The Morgan fingerprint density at radius 3 is 3.08 bits per heavy atom. The summed E-state index contributed by atoms with van der Waals surface area (Å²) < 4.78 is 12.1. The lowest BCUT2D eigenvalue weighted by molar-refractivity contribution is 0.442. The van der Waals surface area contributed by atoms with E-state index in [1.165, 1.54) is 24.8 Å². The van der Waals surface area contributed by atoms with Crippen molar-refractivity contribution in [3.8, 4) is 0 Å². The molecule has 2 heteroatoms. The van der Waals surface area contributed by atoms with Crippen LogP contribution in [0.1, 0.15) is 26.2 Å². The second-order valence-corrected chi connectivity index (χ2v) is 7.87. The van der Waals surface area contributed by atoms with Crippen molar-refractivity contribution in [2.45, 2.75) is 31.8 Å². The molecule has 0 spiro atoms. The van der Waals surface area contributed by atoms with Crippen LogP contribution in [-0.4, -0.2) is 18.5 Å². The van der Waals surface area contributed by atoms with Gasteiger partial charge in [0.2, 0.25) is 0 Å². The van der Waals surface area contributed by atoms with E-state index in [9.17, 15) is 4.57 Å². The fourth-order valence-electron chi connectivity index (χ4n) is 2.47. The molecule has 68 valence electrons. The molecule has 2 rings (SSSR count). The van der Waals surface area contributed by atoms with Crippen LogP contribution in [0.15, 0.2) is 11.6 Å². The molecule has 1 aliphatic heterocycles. The van der Waals surface area contributed by atoms with Crippen LogP contribution in [-0.2, 0) is 4.57 Å². The van der Waals surface area contributed by atoms with Gasteiger partial charge in [0.15, 0.2) is 0 Å². The molecule has 0 aromatic carbocycles. The SMILES string of the molecule is C[C@@H]1CCC2=CC[P@](C)(=O)[C@H]2C1. The molecule has 12 heavy (non-hydrogen) atoms. The molecule has 0 saturated heterocycles. The molecule has 0 N–H and O–H groups in total. The zero-order valence-electron chi connectivity index (χ0n) is 7.92. The van der Waals surface area contributed by atoms with Crippen molar-refractivity contribution in [3.63, 3.8) is 0 Å². The van der Waals surface area contributed by atoms with Crippen molar-refractivity contribution < 1.29 is 4.57 Å². The van der Waals surface area contributed by atoms with Crippen molar-refractivity contribution in [1.82, 2.24) is 0 Å². The first kappa shape index (κ1) is 8.56. The van der Waals surface area contributed by atoms with Crippen LogP contribution in [0.25, 0.3) is 0 Å². The lowest BCUT2D eigenvalue weighted by Crippen LogP contribution is -2.18. The van der Waals surface area contributed by atoms with Crippen molar-refractivity contribution in [2.24, 2.45) is 5.92 Å². The molecule has 1 nitrogen and oxygen atoms in total. The number of hydrogen-bond acceptors (Lipinski definition) is 1. The smallest absolute Gasteiger partial charge is 0.0951 e. The number of allylic oxidation sites excluding steroid dienone is 2. The van der Waals surface area contributed by atoms with E-state index < -0.39 is 7.14 Å². The van der Waals surface area contributed by atoms with Gasteiger partial charge in [0, 0.05) is 11.8 Å². The van der Waals surface area contributed by atoms with Crippen molar-refractivity contribution >= 4 is 7.14 Å². The molecule has 1 aliphatic carbocycles. The fourth-order valence-corrected chi connectivity index (χ4v) is 5.06. The Morgan fingerprint density at radius 1 is 1.58 bits per heavy atom. The molecule has 0 unspecified atom stereocenters. The molecule has 0 bridgehead atoms. The molecule has 1 fully saturated rings. The molecule has 0 aromatic heterocycles. The molecule has 1 saturated carbocycles. The van der Waals surface area contributed by atoms with Gasteiger partial charge in [-0.1, -0.05) is 18.6 Å². The third kappa shape index (κ3) is 1.29. The third-order valence-electron chi connectivity index (χ3n) is 3.35. The summed E-state index contributed by atoms with van der Waals surface area (Å²) in [6.45, 7) is 4.27. The van der Waals surface area contributed by atoms with E-state index >= 15 is 0 Å². The maximum absolute atomic E-state index is 12.1. The lowest BCUT2D eigenvalue weighted by Gasteiger charge is -2.29. The monoisotopic (exact) mass is 184 g/mol. The van der Waals surface area contributed by atoms with E-state index in [0.717, 1.165) is 12.1 Å². The van der Waals surface area contributed by atoms with Crippen LogP contribution in [0.2, 0.25) is 0 Å². The van der Waals surface area contributed by atoms with E-state index in [1.54, 1.807) is 0 Å². The molecule has 2 aliphatic rings. The van der Waals surface area contributed by atoms with E-state index in [1.807, 2.05) is 6.66 Å². The standard InChI is InChI=1S/C10H17OP/c1-8-3-4-9-5-6-12(2,11)10(9)7-8/h5,8,10H,3-4,6-7H2,1-2H3/t8-,10+,12+/m1/s1. The summed E-state index contributed by atoms with van der Waals surface area (Å²) in [5, 5.41) is 0. The average Bonchev–Trinajstić information content (AvgIpc) is 2.28. The Hall–Kier alpha value is -0.0300. The minimum absolute atomic E-state index is 0.473. The van der Waals surface area contributed by atoms with E-state index in [4.69, 9.17) is 0 Å². The average molecular weight is 184 g/mol. The number of hydrogen-bond donors (Lipinski definition) is 0. The minimum atomic E-state index is -1.80. The van der Waals surface area contributed by atoms with Gasteiger partial charge in [-0.2, -0.15) is 0 Å². The molecule has 1 heterocycles. The van der Waals surface area contributed by atoms with Gasteiger partial charge in [0.1, 0.15) is 0 Å². The minimum Gasteiger partial charge on any atom is -0.323 e. The maximum atomic E-state index is 12.1. The predicted molar refractivity (Wildman–Crippen MR) is 53.3 cm³/mol. The Kier molecular flexibility index (Phi) is 1.95. The van der Waals surface area contributed by atoms with Crippen LogP contribution in [0.4, 0.5) is 0 Å². The first-order valence-electron chi connectivity index (χ1n) is 4.85. The van der Waals surface area contributed by atoms with Crippen LogP contribution in [0.3, 0.4) is 0 Å². The summed E-state index contributed by atoms with van der Waals surface area (Å²) in [7, 11) is -1.80. The predicted octanol–water partition coefficient (Wildman–Crippen LogP) is 3.11. The highest BCUT2D eigenvalue weighted by Crippen LogP contribution is 2.59.